The summed E-state index contributed by atoms with van der Waals surface area (Å²) in [5.41, 5.74) is 1.17. The SMILES string of the molecule is CN1CCC(CC(=O)N2CC(=O)N(CCc3ccccc3)CC(O)C2)CC1. The lowest BCUT2D eigenvalue weighted by atomic mass is 9.93. The van der Waals surface area contributed by atoms with Crippen LogP contribution in [0.2, 0.25) is 0 Å². The van der Waals surface area contributed by atoms with Crippen molar-refractivity contribution < 1.29 is 14.7 Å². The monoisotopic (exact) mass is 373 g/mol. The second-order valence-corrected chi connectivity index (χ2v) is 7.95. The first-order valence-electron chi connectivity index (χ1n) is 9.97. The Morgan fingerprint density at radius 2 is 1.85 bits per heavy atom. The van der Waals surface area contributed by atoms with Gasteiger partial charge in [0.15, 0.2) is 0 Å². The molecule has 1 aromatic carbocycles. The van der Waals surface area contributed by atoms with Gasteiger partial charge in [-0.05, 0) is 50.9 Å². The summed E-state index contributed by atoms with van der Waals surface area (Å²) in [6.45, 7) is 3.23. The van der Waals surface area contributed by atoms with Crippen LogP contribution in [0.25, 0.3) is 0 Å². The zero-order valence-electron chi connectivity index (χ0n) is 16.2. The minimum absolute atomic E-state index is 0.00172. The number of carbonyl (C=O) groups is 2. The van der Waals surface area contributed by atoms with Gasteiger partial charge >= 0.3 is 0 Å². The molecule has 2 heterocycles. The number of β-amino-alcohol motifs (C(OH)–C–C–N with tert-alkyl or cyclic N) is 1. The third-order valence-electron chi connectivity index (χ3n) is 5.71. The van der Waals surface area contributed by atoms with Gasteiger partial charge in [-0.2, -0.15) is 0 Å². The predicted octanol–water partition coefficient (Wildman–Crippen LogP) is 0.993. The summed E-state index contributed by atoms with van der Waals surface area (Å²) in [7, 11) is 2.10. The molecule has 6 nitrogen and oxygen atoms in total. The van der Waals surface area contributed by atoms with E-state index in [-0.39, 0.29) is 24.9 Å². The van der Waals surface area contributed by atoms with Crippen LogP contribution < -0.4 is 0 Å². The van der Waals surface area contributed by atoms with Crippen molar-refractivity contribution in [2.75, 3.05) is 46.3 Å². The summed E-state index contributed by atoms with van der Waals surface area (Å²) >= 11 is 0. The normalized spacial score (nSPS) is 22.7. The van der Waals surface area contributed by atoms with Gasteiger partial charge in [-0.25, -0.2) is 0 Å². The van der Waals surface area contributed by atoms with Crippen molar-refractivity contribution in [1.82, 2.24) is 14.7 Å². The zero-order chi connectivity index (χ0) is 19.2. The first-order chi connectivity index (χ1) is 13.0. The lowest BCUT2D eigenvalue weighted by Crippen LogP contribution is -2.41. The molecule has 6 heteroatoms. The quantitative estimate of drug-likeness (QED) is 0.836. The molecular formula is C21H31N3O3. The molecule has 2 aliphatic rings. The van der Waals surface area contributed by atoms with Crippen molar-refractivity contribution in [3.05, 3.63) is 35.9 Å². The lowest BCUT2D eigenvalue weighted by Gasteiger charge is -2.30. The smallest absolute Gasteiger partial charge is 0.242 e. The van der Waals surface area contributed by atoms with E-state index in [1.165, 1.54) is 5.56 Å². The van der Waals surface area contributed by atoms with Crippen LogP contribution in [0, 0.1) is 5.92 Å². The van der Waals surface area contributed by atoms with Gasteiger partial charge < -0.3 is 19.8 Å². The van der Waals surface area contributed by atoms with E-state index in [1.807, 2.05) is 30.3 Å². The number of amides is 2. The number of piperidine rings is 1. The highest BCUT2D eigenvalue weighted by atomic mass is 16.3. The third kappa shape index (κ3) is 5.78. The average molecular weight is 373 g/mol. The molecule has 27 heavy (non-hydrogen) atoms. The molecule has 0 bridgehead atoms. The minimum Gasteiger partial charge on any atom is -0.389 e. The maximum Gasteiger partial charge on any atom is 0.242 e. The summed E-state index contributed by atoms with van der Waals surface area (Å²) in [5.74, 6) is 0.319. The fourth-order valence-corrected chi connectivity index (χ4v) is 3.95. The highest BCUT2D eigenvalue weighted by Crippen LogP contribution is 2.21. The fraction of sp³-hybridized carbons (Fsp3) is 0.619. The number of aliphatic hydroxyl groups is 1. The number of nitrogens with zero attached hydrogens (tertiary/aromatic N) is 3. The Bertz CT molecular complexity index is 629. The molecule has 1 unspecified atom stereocenters. The van der Waals surface area contributed by atoms with Gasteiger partial charge in [0.1, 0.15) is 0 Å². The Labute approximate surface area is 161 Å². The second kappa shape index (κ2) is 9.33. The summed E-state index contributed by atoms with van der Waals surface area (Å²) in [4.78, 5) is 30.9. The standard InChI is InChI=1S/C21H31N3O3/c1-22-10-7-18(8-11-22)13-20(26)24-15-19(25)14-23(21(27)16-24)12-9-17-5-3-2-4-6-17/h2-6,18-19,25H,7-16H2,1H3. The van der Waals surface area contributed by atoms with Gasteiger partial charge in [0.2, 0.25) is 11.8 Å². The van der Waals surface area contributed by atoms with Crippen LogP contribution in [-0.2, 0) is 16.0 Å². The number of rotatable bonds is 5. The molecule has 1 N–H and O–H groups in total. The number of likely N-dealkylation sites (tertiary alicyclic amines) is 1. The van der Waals surface area contributed by atoms with Crippen LogP contribution in [0.4, 0.5) is 0 Å². The second-order valence-electron chi connectivity index (χ2n) is 7.95. The molecule has 0 radical (unpaired) electrons. The molecule has 1 aromatic rings. The van der Waals surface area contributed by atoms with Crippen LogP contribution in [0.3, 0.4) is 0 Å². The Morgan fingerprint density at radius 3 is 2.56 bits per heavy atom. The first-order valence-corrected chi connectivity index (χ1v) is 9.97. The zero-order valence-corrected chi connectivity index (χ0v) is 16.2. The van der Waals surface area contributed by atoms with Crippen LogP contribution in [0.1, 0.15) is 24.8 Å². The highest BCUT2D eigenvalue weighted by molar-refractivity contribution is 5.85. The summed E-state index contributed by atoms with van der Waals surface area (Å²) < 4.78 is 0. The van der Waals surface area contributed by atoms with E-state index >= 15 is 0 Å². The Balaban J connectivity index is 1.53. The van der Waals surface area contributed by atoms with Crippen LogP contribution >= 0.6 is 0 Å². The number of carbonyl (C=O) groups excluding carboxylic acids is 2. The maximum atomic E-state index is 12.7. The van der Waals surface area contributed by atoms with Gasteiger partial charge in [-0.3, -0.25) is 9.59 Å². The molecule has 0 aliphatic carbocycles. The van der Waals surface area contributed by atoms with Gasteiger partial charge in [0, 0.05) is 26.1 Å². The molecule has 2 amide bonds. The molecule has 2 saturated heterocycles. The van der Waals surface area contributed by atoms with Crippen LogP contribution in [-0.4, -0.2) is 84.0 Å². The van der Waals surface area contributed by atoms with Gasteiger partial charge in [-0.1, -0.05) is 30.3 Å². The van der Waals surface area contributed by atoms with E-state index in [2.05, 4.69) is 11.9 Å². The lowest BCUT2D eigenvalue weighted by molar-refractivity contribution is -0.139. The predicted molar refractivity (Wildman–Crippen MR) is 104 cm³/mol. The van der Waals surface area contributed by atoms with Crippen molar-refractivity contribution >= 4 is 11.8 Å². The molecule has 0 saturated carbocycles. The highest BCUT2D eigenvalue weighted by Gasteiger charge is 2.30. The van der Waals surface area contributed by atoms with Crippen molar-refractivity contribution in [1.29, 1.82) is 0 Å². The average Bonchev–Trinajstić information content (AvgIpc) is 2.81. The third-order valence-corrected chi connectivity index (χ3v) is 5.71. The van der Waals surface area contributed by atoms with E-state index in [9.17, 15) is 14.7 Å². The Morgan fingerprint density at radius 1 is 1.15 bits per heavy atom. The van der Waals surface area contributed by atoms with E-state index in [0.29, 0.717) is 25.4 Å². The van der Waals surface area contributed by atoms with E-state index in [0.717, 1.165) is 32.4 Å². The fourth-order valence-electron chi connectivity index (χ4n) is 3.95. The molecule has 0 aromatic heterocycles. The van der Waals surface area contributed by atoms with E-state index < -0.39 is 6.10 Å². The van der Waals surface area contributed by atoms with Crippen molar-refractivity contribution in [3.8, 4) is 0 Å². The van der Waals surface area contributed by atoms with Crippen LogP contribution in [0.5, 0.6) is 0 Å². The molecule has 0 spiro atoms. The number of benzene rings is 1. The van der Waals surface area contributed by atoms with Gasteiger partial charge in [-0.15, -0.1) is 0 Å². The van der Waals surface area contributed by atoms with Crippen molar-refractivity contribution in [2.45, 2.75) is 31.8 Å². The van der Waals surface area contributed by atoms with E-state index in [1.54, 1.807) is 9.80 Å². The van der Waals surface area contributed by atoms with Crippen molar-refractivity contribution in [2.24, 2.45) is 5.92 Å². The molecule has 2 fully saturated rings. The Hall–Kier alpha value is -1.92. The molecular weight excluding hydrogens is 342 g/mol. The number of aliphatic hydroxyl groups excluding tert-OH is 1. The number of hydrogen-bond acceptors (Lipinski definition) is 4. The minimum atomic E-state index is -0.686. The molecule has 1 atom stereocenters. The molecule has 3 rings (SSSR count). The maximum absolute atomic E-state index is 12.7. The van der Waals surface area contributed by atoms with Crippen LogP contribution in [0.15, 0.2) is 30.3 Å². The summed E-state index contributed by atoms with van der Waals surface area (Å²) in [6.07, 6.45) is 2.60. The molecule has 2 aliphatic heterocycles. The number of hydrogen-bond donors (Lipinski definition) is 1. The first kappa shape index (κ1) is 19.8. The summed E-state index contributed by atoms with van der Waals surface area (Å²) in [5, 5.41) is 10.3. The largest absolute Gasteiger partial charge is 0.389 e. The summed E-state index contributed by atoms with van der Waals surface area (Å²) in [6, 6.07) is 10.0. The van der Waals surface area contributed by atoms with Crippen molar-refractivity contribution in [3.63, 3.8) is 0 Å². The molecule has 148 valence electrons. The van der Waals surface area contributed by atoms with E-state index in [4.69, 9.17) is 0 Å². The van der Waals surface area contributed by atoms with Gasteiger partial charge in [0.25, 0.3) is 0 Å². The van der Waals surface area contributed by atoms with Gasteiger partial charge in [0.05, 0.1) is 12.6 Å². The Kier molecular flexibility index (Phi) is 6.85. The topological polar surface area (TPSA) is 64.1 Å².